The molecular weight excluding hydrogens is 251 g/mol. The van der Waals surface area contributed by atoms with Crippen LogP contribution in [0, 0.1) is 18.3 Å². The van der Waals surface area contributed by atoms with Crippen molar-refractivity contribution in [1.29, 1.82) is 5.26 Å². The van der Waals surface area contributed by atoms with Gasteiger partial charge in [0.2, 0.25) is 0 Å². The molecule has 0 atom stereocenters. The predicted octanol–water partition coefficient (Wildman–Crippen LogP) is 2.55. The van der Waals surface area contributed by atoms with Gasteiger partial charge >= 0.3 is 12.3 Å². The van der Waals surface area contributed by atoms with Gasteiger partial charge in [0.15, 0.2) is 0 Å². The molecular formula is C11H8F3NO3. The number of esters is 1. The number of hydrogen-bond acceptors (Lipinski definition) is 4. The number of halogens is 3. The molecule has 0 N–H and O–H groups in total. The van der Waals surface area contributed by atoms with Gasteiger partial charge in [-0.25, -0.2) is 4.79 Å². The summed E-state index contributed by atoms with van der Waals surface area (Å²) >= 11 is 0. The molecule has 1 aromatic carbocycles. The van der Waals surface area contributed by atoms with Crippen LogP contribution in [0.2, 0.25) is 0 Å². The molecule has 1 aromatic rings. The lowest BCUT2D eigenvalue weighted by Crippen LogP contribution is -2.18. The van der Waals surface area contributed by atoms with E-state index in [0.717, 1.165) is 19.2 Å². The third-order valence-electron chi connectivity index (χ3n) is 2.05. The molecule has 18 heavy (non-hydrogen) atoms. The maximum Gasteiger partial charge on any atom is 0.573 e. The topological polar surface area (TPSA) is 59.3 Å². The van der Waals surface area contributed by atoms with E-state index < -0.39 is 18.1 Å². The SMILES string of the molecule is COC(=O)c1c(C)cc(OC(F)(F)F)cc1C#N. The summed E-state index contributed by atoms with van der Waals surface area (Å²) < 4.78 is 44.2. The van der Waals surface area contributed by atoms with E-state index in [0.29, 0.717) is 0 Å². The lowest BCUT2D eigenvalue weighted by Gasteiger charge is -2.12. The van der Waals surface area contributed by atoms with Gasteiger partial charge in [-0.2, -0.15) is 5.26 Å². The second kappa shape index (κ2) is 4.96. The Morgan fingerprint density at radius 2 is 2.00 bits per heavy atom. The number of rotatable bonds is 2. The second-order valence-corrected chi connectivity index (χ2v) is 3.31. The summed E-state index contributed by atoms with van der Waals surface area (Å²) in [6, 6.07) is 3.48. The molecule has 0 radical (unpaired) electrons. The average Bonchev–Trinajstić information content (AvgIpc) is 2.24. The smallest absolute Gasteiger partial charge is 0.465 e. The molecule has 0 fully saturated rings. The molecule has 0 saturated carbocycles. The van der Waals surface area contributed by atoms with Crippen molar-refractivity contribution in [3.63, 3.8) is 0 Å². The van der Waals surface area contributed by atoms with Crippen LogP contribution in [0.1, 0.15) is 21.5 Å². The molecule has 4 nitrogen and oxygen atoms in total. The fourth-order valence-corrected chi connectivity index (χ4v) is 1.41. The molecule has 7 heteroatoms. The highest BCUT2D eigenvalue weighted by Crippen LogP contribution is 2.27. The summed E-state index contributed by atoms with van der Waals surface area (Å²) in [5.41, 5.74) is -0.143. The second-order valence-electron chi connectivity index (χ2n) is 3.31. The van der Waals surface area contributed by atoms with Crippen LogP contribution >= 0.6 is 0 Å². The van der Waals surface area contributed by atoms with Crippen LogP contribution in [-0.2, 0) is 4.74 Å². The highest BCUT2D eigenvalue weighted by molar-refractivity contribution is 5.94. The van der Waals surface area contributed by atoms with Crippen molar-refractivity contribution < 1.29 is 27.4 Å². The summed E-state index contributed by atoms with van der Waals surface area (Å²) in [6.45, 7) is 1.39. The van der Waals surface area contributed by atoms with Crippen LogP contribution < -0.4 is 4.74 Å². The number of aryl methyl sites for hydroxylation is 1. The minimum absolute atomic E-state index is 0.0745. The van der Waals surface area contributed by atoms with E-state index in [1.165, 1.54) is 6.92 Å². The zero-order valence-electron chi connectivity index (χ0n) is 9.46. The Kier molecular flexibility index (Phi) is 3.81. The van der Waals surface area contributed by atoms with Crippen molar-refractivity contribution in [1.82, 2.24) is 0 Å². The van der Waals surface area contributed by atoms with E-state index in [1.807, 2.05) is 0 Å². The molecule has 0 unspecified atom stereocenters. The average molecular weight is 259 g/mol. The first-order valence-corrected chi connectivity index (χ1v) is 4.67. The molecule has 96 valence electrons. The fourth-order valence-electron chi connectivity index (χ4n) is 1.41. The van der Waals surface area contributed by atoms with Gasteiger partial charge in [-0.1, -0.05) is 0 Å². The minimum Gasteiger partial charge on any atom is -0.465 e. The van der Waals surface area contributed by atoms with E-state index in [9.17, 15) is 18.0 Å². The van der Waals surface area contributed by atoms with Crippen molar-refractivity contribution in [2.24, 2.45) is 0 Å². The van der Waals surface area contributed by atoms with E-state index in [1.54, 1.807) is 6.07 Å². The van der Waals surface area contributed by atoms with E-state index in [-0.39, 0.29) is 16.7 Å². The number of nitrogens with zero attached hydrogens (tertiary/aromatic N) is 1. The van der Waals surface area contributed by atoms with Crippen LogP contribution in [0.5, 0.6) is 5.75 Å². The Morgan fingerprint density at radius 1 is 1.39 bits per heavy atom. The van der Waals surface area contributed by atoms with Gasteiger partial charge in [0.1, 0.15) is 11.8 Å². The molecule has 0 aliphatic rings. The molecule has 0 bridgehead atoms. The first-order chi connectivity index (χ1) is 8.28. The number of methoxy groups -OCH3 is 1. The molecule has 0 aliphatic heterocycles. The van der Waals surface area contributed by atoms with Crippen molar-refractivity contribution in [3.05, 3.63) is 28.8 Å². The third-order valence-corrected chi connectivity index (χ3v) is 2.05. The summed E-state index contributed by atoms with van der Waals surface area (Å²) in [4.78, 5) is 11.4. The van der Waals surface area contributed by atoms with Crippen LogP contribution in [0.4, 0.5) is 13.2 Å². The summed E-state index contributed by atoms with van der Waals surface area (Å²) in [7, 11) is 1.11. The Labute approximate surface area is 101 Å². The first-order valence-electron chi connectivity index (χ1n) is 4.67. The molecule has 0 spiro atoms. The summed E-state index contributed by atoms with van der Waals surface area (Å²) in [6.07, 6.45) is -4.86. The Bertz CT molecular complexity index is 517. The fraction of sp³-hybridized carbons (Fsp3) is 0.273. The zero-order valence-corrected chi connectivity index (χ0v) is 9.46. The number of benzene rings is 1. The van der Waals surface area contributed by atoms with Crippen LogP contribution in [-0.4, -0.2) is 19.4 Å². The molecule has 0 saturated heterocycles. The quantitative estimate of drug-likeness (QED) is 0.766. The molecule has 1 rings (SSSR count). The van der Waals surface area contributed by atoms with Gasteiger partial charge in [-0.15, -0.1) is 13.2 Å². The summed E-state index contributed by atoms with van der Waals surface area (Å²) in [5.74, 6) is -1.34. The predicted molar refractivity (Wildman–Crippen MR) is 53.9 cm³/mol. The number of nitriles is 1. The monoisotopic (exact) mass is 259 g/mol. The van der Waals surface area contributed by atoms with Crippen LogP contribution in [0.15, 0.2) is 12.1 Å². The number of hydrogen-bond donors (Lipinski definition) is 0. The minimum atomic E-state index is -4.86. The van der Waals surface area contributed by atoms with Crippen LogP contribution in [0.3, 0.4) is 0 Å². The van der Waals surface area contributed by atoms with Gasteiger partial charge in [0.25, 0.3) is 0 Å². The molecule has 0 amide bonds. The van der Waals surface area contributed by atoms with Crippen molar-refractivity contribution >= 4 is 5.97 Å². The largest absolute Gasteiger partial charge is 0.573 e. The number of carbonyl (C=O) groups is 1. The van der Waals surface area contributed by atoms with Gasteiger partial charge < -0.3 is 9.47 Å². The first kappa shape index (κ1) is 13.8. The van der Waals surface area contributed by atoms with Crippen LogP contribution in [0.25, 0.3) is 0 Å². The number of ether oxygens (including phenoxy) is 2. The third kappa shape index (κ3) is 3.13. The normalized spacial score (nSPS) is 10.7. The van der Waals surface area contributed by atoms with E-state index in [2.05, 4.69) is 9.47 Å². The lowest BCUT2D eigenvalue weighted by atomic mass is 10.0. The van der Waals surface area contributed by atoms with Crippen molar-refractivity contribution in [2.75, 3.05) is 7.11 Å². The maximum absolute atomic E-state index is 12.0. The van der Waals surface area contributed by atoms with Gasteiger partial charge in [0, 0.05) is 0 Å². The molecule has 0 aliphatic carbocycles. The number of alkyl halides is 3. The Morgan fingerprint density at radius 3 is 2.44 bits per heavy atom. The van der Waals surface area contributed by atoms with Crippen molar-refractivity contribution in [3.8, 4) is 11.8 Å². The van der Waals surface area contributed by atoms with Gasteiger partial charge in [0.05, 0.1) is 18.2 Å². The van der Waals surface area contributed by atoms with Gasteiger partial charge in [-0.05, 0) is 24.6 Å². The highest BCUT2D eigenvalue weighted by atomic mass is 19.4. The van der Waals surface area contributed by atoms with E-state index in [4.69, 9.17) is 5.26 Å². The Hall–Kier alpha value is -2.23. The highest BCUT2D eigenvalue weighted by Gasteiger charge is 2.32. The standard InChI is InChI=1S/C11H8F3NO3/c1-6-3-8(18-11(12,13)14)4-7(5-15)9(6)10(16)17-2/h3-4H,1-2H3. The summed E-state index contributed by atoms with van der Waals surface area (Å²) in [5, 5.41) is 8.82. The maximum atomic E-state index is 12.0. The molecule has 0 aromatic heterocycles. The van der Waals surface area contributed by atoms with Crippen molar-refractivity contribution in [2.45, 2.75) is 13.3 Å². The Balaban J connectivity index is 3.29. The number of carbonyl (C=O) groups excluding carboxylic acids is 1. The lowest BCUT2D eigenvalue weighted by molar-refractivity contribution is -0.274. The molecule has 0 heterocycles. The van der Waals surface area contributed by atoms with Gasteiger partial charge in [-0.3, -0.25) is 0 Å². The zero-order chi connectivity index (χ0) is 13.9. The van der Waals surface area contributed by atoms with E-state index >= 15 is 0 Å².